The number of nitrogens with zero attached hydrogens (tertiary/aromatic N) is 1. The molecule has 2 N–H and O–H groups in total. The minimum Gasteiger partial charge on any atom is -0.493 e. The minimum absolute atomic E-state index is 0. The number of hydrogen-bond acceptors (Lipinski definition) is 5. The molecule has 1 aromatic rings. The lowest BCUT2D eigenvalue weighted by atomic mass is 10.1. The molecule has 0 fully saturated rings. The van der Waals surface area contributed by atoms with Gasteiger partial charge in [-0.3, -0.25) is 4.99 Å². The van der Waals surface area contributed by atoms with E-state index in [1.54, 1.807) is 42.0 Å². The standard InChI is InChI=1S/C18H31N3O4S.HI/c1-18(2,3)26(22,23)12-11-21-17(19-4)20-10-9-14-7-8-15(24-5)16(13-14)25-6;/h7-8,13H,9-12H2,1-6H3,(H2,19,20,21);1H. The van der Waals surface area contributed by atoms with Crippen molar-refractivity contribution in [1.29, 1.82) is 0 Å². The summed E-state index contributed by atoms with van der Waals surface area (Å²) in [6.45, 7) is 6.09. The molecule has 156 valence electrons. The molecule has 0 bridgehead atoms. The average Bonchev–Trinajstić information content (AvgIpc) is 2.59. The fourth-order valence-electron chi connectivity index (χ4n) is 2.19. The van der Waals surface area contributed by atoms with E-state index in [0.717, 1.165) is 12.0 Å². The summed E-state index contributed by atoms with van der Waals surface area (Å²) in [5.41, 5.74) is 1.10. The van der Waals surface area contributed by atoms with E-state index in [1.807, 2.05) is 18.2 Å². The summed E-state index contributed by atoms with van der Waals surface area (Å²) in [5, 5.41) is 6.22. The first-order valence-electron chi connectivity index (χ1n) is 8.52. The largest absolute Gasteiger partial charge is 0.493 e. The van der Waals surface area contributed by atoms with E-state index in [0.29, 0.717) is 30.5 Å². The van der Waals surface area contributed by atoms with Gasteiger partial charge in [0.25, 0.3) is 0 Å². The van der Waals surface area contributed by atoms with Gasteiger partial charge in [-0.05, 0) is 44.9 Å². The van der Waals surface area contributed by atoms with E-state index in [2.05, 4.69) is 15.6 Å². The minimum atomic E-state index is -3.15. The van der Waals surface area contributed by atoms with Gasteiger partial charge >= 0.3 is 0 Å². The SMILES string of the molecule is CN=C(NCCc1ccc(OC)c(OC)c1)NCCS(=O)(=O)C(C)(C)C.I. The van der Waals surface area contributed by atoms with Gasteiger partial charge in [0.2, 0.25) is 0 Å². The first kappa shape index (κ1) is 25.8. The summed E-state index contributed by atoms with van der Waals surface area (Å²) in [6, 6.07) is 5.79. The van der Waals surface area contributed by atoms with Crippen LogP contribution in [0.2, 0.25) is 0 Å². The molecule has 9 heteroatoms. The highest BCUT2D eigenvalue weighted by atomic mass is 127. The summed E-state index contributed by atoms with van der Waals surface area (Å²) in [7, 11) is 1.72. The Morgan fingerprint density at radius 3 is 2.19 bits per heavy atom. The number of guanidine groups is 1. The molecule has 0 atom stereocenters. The van der Waals surface area contributed by atoms with Crippen LogP contribution in [0.25, 0.3) is 0 Å². The van der Waals surface area contributed by atoms with Crippen molar-refractivity contribution in [1.82, 2.24) is 10.6 Å². The third-order valence-electron chi connectivity index (χ3n) is 3.97. The van der Waals surface area contributed by atoms with Crippen molar-refractivity contribution in [3.8, 4) is 11.5 Å². The van der Waals surface area contributed by atoms with Gasteiger partial charge in [0.15, 0.2) is 27.3 Å². The van der Waals surface area contributed by atoms with E-state index < -0.39 is 14.6 Å². The summed E-state index contributed by atoms with van der Waals surface area (Å²) >= 11 is 0. The lowest BCUT2D eigenvalue weighted by Crippen LogP contribution is -2.42. The van der Waals surface area contributed by atoms with Crippen LogP contribution in [0.5, 0.6) is 11.5 Å². The number of benzene rings is 1. The van der Waals surface area contributed by atoms with Crippen molar-refractivity contribution < 1.29 is 17.9 Å². The lowest BCUT2D eigenvalue weighted by molar-refractivity contribution is 0.354. The molecule has 1 aromatic carbocycles. The quantitative estimate of drug-likeness (QED) is 0.315. The molecular formula is C18H32IN3O4S. The van der Waals surface area contributed by atoms with Crippen LogP contribution in [-0.4, -0.2) is 59.2 Å². The molecule has 0 heterocycles. The molecule has 0 spiro atoms. The van der Waals surface area contributed by atoms with E-state index in [1.165, 1.54) is 0 Å². The third kappa shape index (κ3) is 8.12. The fraction of sp³-hybridized carbons (Fsp3) is 0.611. The van der Waals surface area contributed by atoms with E-state index >= 15 is 0 Å². The van der Waals surface area contributed by atoms with Gasteiger partial charge in [-0.25, -0.2) is 8.42 Å². The zero-order chi connectivity index (χ0) is 19.8. The number of nitrogens with one attached hydrogen (secondary N) is 2. The predicted molar refractivity (Wildman–Crippen MR) is 122 cm³/mol. The van der Waals surface area contributed by atoms with Gasteiger partial charge in [0.1, 0.15) is 0 Å². The highest BCUT2D eigenvalue weighted by Gasteiger charge is 2.28. The zero-order valence-corrected chi connectivity index (χ0v) is 20.1. The number of rotatable bonds is 8. The summed E-state index contributed by atoms with van der Waals surface area (Å²) in [4.78, 5) is 4.12. The number of hydrogen-bond donors (Lipinski definition) is 2. The number of aliphatic imine (C=N–C) groups is 1. The molecule has 7 nitrogen and oxygen atoms in total. The van der Waals surface area contributed by atoms with Crippen LogP contribution >= 0.6 is 24.0 Å². The Bertz CT molecular complexity index is 716. The predicted octanol–water partition coefficient (Wildman–Crippen LogP) is 2.24. The molecule has 0 aliphatic carbocycles. The molecule has 1 rings (SSSR count). The first-order chi connectivity index (χ1) is 12.1. The third-order valence-corrected chi connectivity index (χ3v) is 6.58. The molecule has 0 aliphatic heterocycles. The molecule has 0 aromatic heterocycles. The summed E-state index contributed by atoms with van der Waals surface area (Å²) in [6.07, 6.45) is 0.765. The molecule has 0 aliphatic rings. The second-order valence-electron chi connectivity index (χ2n) is 6.80. The smallest absolute Gasteiger partial charge is 0.191 e. The number of halogens is 1. The monoisotopic (exact) mass is 513 g/mol. The van der Waals surface area contributed by atoms with Crippen molar-refractivity contribution >= 4 is 39.8 Å². The second kappa shape index (κ2) is 11.6. The van der Waals surface area contributed by atoms with Crippen molar-refractivity contribution in [3.05, 3.63) is 23.8 Å². The normalized spacial score (nSPS) is 12.1. The maximum Gasteiger partial charge on any atom is 0.191 e. The van der Waals surface area contributed by atoms with Crippen LogP contribution in [0.1, 0.15) is 26.3 Å². The zero-order valence-electron chi connectivity index (χ0n) is 17.0. The maximum absolute atomic E-state index is 12.1. The van der Waals surface area contributed by atoms with Crippen molar-refractivity contribution in [2.24, 2.45) is 4.99 Å². The van der Waals surface area contributed by atoms with Crippen molar-refractivity contribution in [2.75, 3.05) is 40.1 Å². The first-order valence-corrected chi connectivity index (χ1v) is 10.2. The van der Waals surface area contributed by atoms with Gasteiger partial charge in [-0.1, -0.05) is 6.07 Å². The second-order valence-corrected chi connectivity index (χ2v) is 9.66. The highest BCUT2D eigenvalue weighted by Crippen LogP contribution is 2.27. The van der Waals surface area contributed by atoms with Gasteiger partial charge in [-0.2, -0.15) is 0 Å². The van der Waals surface area contributed by atoms with Crippen molar-refractivity contribution in [2.45, 2.75) is 31.9 Å². The lowest BCUT2D eigenvalue weighted by Gasteiger charge is -2.19. The molecular weight excluding hydrogens is 481 g/mol. The van der Waals surface area contributed by atoms with Crippen LogP contribution < -0.4 is 20.1 Å². The molecule has 0 saturated heterocycles. The maximum atomic E-state index is 12.1. The Kier molecular flexibility index (Phi) is 11.0. The highest BCUT2D eigenvalue weighted by molar-refractivity contribution is 14.0. The summed E-state index contributed by atoms with van der Waals surface area (Å²) in [5.74, 6) is 2.03. The molecule has 0 saturated carbocycles. The fourth-order valence-corrected chi connectivity index (χ4v) is 3.18. The molecule has 0 radical (unpaired) electrons. The number of methoxy groups -OCH3 is 2. The van der Waals surface area contributed by atoms with E-state index in [9.17, 15) is 8.42 Å². The Labute approximate surface area is 180 Å². The summed E-state index contributed by atoms with van der Waals surface area (Å²) < 4.78 is 34.0. The van der Waals surface area contributed by atoms with E-state index in [4.69, 9.17) is 9.47 Å². The molecule has 0 amide bonds. The van der Waals surface area contributed by atoms with Crippen LogP contribution in [0.4, 0.5) is 0 Å². The number of ether oxygens (including phenoxy) is 2. The average molecular weight is 513 g/mol. The van der Waals surface area contributed by atoms with Crippen LogP contribution in [0, 0.1) is 0 Å². The van der Waals surface area contributed by atoms with Gasteiger partial charge in [0.05, 0.1) is 24.7 Å². The van der Waals surface area contributed by atoms with Crippen molar-refractivity contribution in [3.63, 3.8) is 0 Å². The Balaban J connectivity index is 0.00000676. The molecule has 0 unspecified atom stereocenters. The number of sulfone groups is 1. The Morgan fingerprint density at radius 2 is 1.67 bits per heavy atom. The van der Waals surface area contributed by atoms with Crippen LogP contribution in [0.3, 0.4) is 0 Å². The van der Waals surface area contributed by atoms with Gasteiger partial charge in [0, 0.05) is 20.1 Å². The Hall–Kier alpha value is -1.23. The van der Waals surface area contributed by atoms with Gasteiger partial charge < -0.3 is 20.1 Å². The van der Waals surface area contributed by atoms with Crippen LogP contribution in [-0.2, 0) is 16.3 Å². The Morgan fingerprint density at radius 1 is 1.07 bits per heavy atom. The molecule has 27 heavy (non-hydrogen) atoms. The topological polar surface area (TPSA) is 89.0 Å². The van der Waals surface area contributed by atoms with Crippen LogP contribution in [0.15, 0.2) is 23.2 Å². The van der Waals surface area contributed by atoms with Gasteiger partial charge in [-0.15, -0.1) is 24.0 Å². The van der Waals surface area contributed by atoms with E-state index in [-0.39, 0.29) is 29.7 Å².